The Morgan fingerprint density at radius 1 is 0.684 bits per heavy atom. The Labute approximate surface area is 127 Å². The third-order valence-electron chi connectivity index (χ3n) is 1.79. The fourth-order valence-electron chi connectivity index (χ4n) is 1.04. The van der Waals surface area contributed by atoms with Gasteiger partial charge in [-0.25, -0.2) is 25.3 Å². The zero-order chi connectivity index (χ0) is 15.2. The van der Waals surface area contributed by atoms with Gasteiger partial charge in [-0.3, -0.25) is 0 Å². The third kappa shape index (κ3) is 4.10. The third-order valence-corrected chi connectivity index (χ3v) is 6.44. The van der Waals surface area contributed by atoms with Crippen LogP contribution in [0.4, 0.5) is 0 Å². The summed E-state index contributed by atoms with van der Waals surface area (Å²) in [5, 5.41) is -0.825. The lowest BCUT2D eigenvalue weighted by Gasteiger charge is -2.07. The molecule has 0 saturated carbocycles. The molecule has 0 saturated heterocycles. The molecule has 1 rings (SSSR count). The summed E-state index contributed by atoms with van der Waals surface area (Å²) in [6.07, 6.45) is 0. The fraction of sp³-hybridized carbons (Fsp3) is 0. The second-order valence-corrected chi connectivity index (χ2v) is 11.1. The van der Waals surface area contributed by atoms with Crippen LogP contribution in [-0.4, -0.2) is 25.3 Å². The van der Waals surface area contributed by atoms with E-state index >= 15 is 0 Å². The SMILES string of the molecule is O=S(=O)(Cl)c1cc(S(=O)(=O)Cl)c(Cl)c(S(=O)(=O)Cl)c1. The van der Waals surface area contributed by atoms with Gasteiger partial charge in [-0.15, -0.1) is 0 Å². The van der Waals surface area contributed by atoms with Crippen molar-refractivity contribution >= 4 is 70.8 Å². The van der Waals surface area contributed by atoms with E-state index in [1.165, 1.54) is 0 Å². The molecule has 1 aromatic rings. The monoisotopic (exact) mass is 406 g/mol. The predicted molar refractivity (Wildman–Crippen MR) is 70.6 cm³/mol. The lowest BCUT2D eigenvalue weighted by atomic mass is 10.3. The molecule has 0 aliphatic rings. The Hall–Kier alpha value is 0.230. The largest absolute Gasteiger partial charge is 0.262 e. The average Bonchev–Trinajstić information content (AvgIpc) is 2.11. The van der Waals surface area contributed by atoms with Crippen molar-refractivity contribution in [2.24, 2.45) is 0 Å². The van der Waals surface area contributed by atoms with E-state index in [1.54, 1.807) is 0 Å². The Bertz CT molecular complexity index is 786. The zero-order valence-corrected chi connectivity index (χ0v) is 13.8. The summed E-state index contributed by atoms with van der Waals surface area (Å²) in [7, 11) is 1.62. The van der Waals surface area contributed by atoms with Crippen LogP contribution >= 0.6 is 43.6 Å². The van der Waals surface area contributed by atoms with Crippen LogP contribution in [0.15, 0.2) is 26.8 Å². The lowest BCUT2D eigenvalue weighted by Crippen LogP contribution is -2.03. The van der Waals surface area contributed by atoms with Crippen LogP contribution in [0.2, 0.25) is 5.02 Å². The minimum Gasteiger partial charge on any atom is -0.207 e. The predicted octanol–water partition coefficient (Wildman–Crippen LogP) is 2.12. The highest BCUT2D eigenvalue weighted by Gasteiger charge is 2.27. The Morgan fingerprint density at radius 2 is 1.00 bits per heavy atom. The summed E-state index contributed by atoms with van der Waals surface area (Å²) >= 11 is 5.54. The normalized spacial score (nSPS) is 13.5. The van der Waals surface area contributed by atoms with Crippen molar-refractivity contribution in [1.29, 1.82) is 0 Å². The van der Waals surface area contributed by atoms with Crippen molar-refractivity contribution in [3.05, 3.63) is 17.2 Å². The Balaban J connectivity index is 4.00. The first-order valence-corrected chi connectivity index (χ1v) is 11.2. The molecule has 0 spiro atoms. The molecule has 0 aliphatic carbocycles. The fourth-order valence-corrected chi connectivity index (χ4v) is 4.91. The molecular formula is C6H2Cl4O6S3. The van der Waals surface area contributed by atoms with Gasteiger partial charge in [0.25, 0.3) is 27.2 Å². The number of hydrogen-bond donors (Lipinski definition) is 0. The van der Waals surface area contributed by atoms with Gasteiger partial charge in [0, 0.05) is 32.0 Å². The van der Waals surface area contributed by atoms with Crippen molar-refractivity contribution in [2.45, 2.75) is 14.7 Å². The van der Waals surface area contributed by atoms with Gasteiger partial charge in [-0.05, 0) is 12.1 Å². The molecule has 0 amide bonds. The first-order valence-electron chi connectivity index (χ1n) is 3.92. The lowest BCUT2D eigenvalue weighted by molar-refractivity contribution is 0.606. The molecule has 0 atom stereocenters. The molecule has 6 nitrogen and oxygen atoms in total. The molecular weight excluding hydrogens is 406 g/mol. The molecule has 0 N–H and O–H groups in total. The summed E-state index contributed by atoms with van der Waals surface area (Å²) in [4.78, 5) is -2.69. The van der Waals surface area contributed by atoms with Crippen molar-refractivity contribution in [3.8, 4) is 0 Å². The van der Waals surface area contributed by atoms with Crippen LogP contribution in [0.1, 0.15) is 0 Å². The summed E-state index contributed by atoms with van der Waals surface area (Å²) in [5.74, 6) is 0. The molecule has 19 heavy (non-hydrogen) atoms. The maximum absolute atomic E-state index is 11.2. The van der Waals surface area contributed by atoms with Crippen LogP contribution in [-0.2, 0) is 27.2 Å². The Morgan fingerprint density at radius 3 is 1.21 bits per heavy atom. The van der Waals surface area contributed by atoms with Gasteiger partial charge < -0.3 is 0 Å². The number of hydrogen-bond acceptors (Lipinski definition) is 6. The molecule has 13 heteroatoms. The summed E-state index contributed by atoms with van der Waals surface area (Å²) < 4.78 is 67.2. The van der Waals surface area contributed by atoms with E-state index in [0.717, 1.165) is 0 Å². The van der Waals surface area contributed by atoms with E-state index in [9.17, 15) is 25.3 Å². The van der Waals surface area contributed by atoms with Crippen LogP contribution in [0, 0.1) is 0 Å². The topological polar surface area (TPSA) is 102 Å². The van der Waals surface area contributed by atoms with Gasteiger partial charge in [-0.1, -0.05) is 11.6 Å². The van der Waals surface area contributed by atoms with Gasteiger partial charge in [0.2, 0.25) is 0 Å². The minimum absolute atomic E-state index is 0.526. The maximum Gasteiger partial charge on any atom is 0.262 e. The summed E-state index contributed by atoms with van der Waals surface area (Å²) in [6.45, 7) is 0. The van der Waals surface area contributed by atoms with E-state index in [-0.39, 0.29) is 0 Å². The van der Waals surface area contributed by atoms with Crippen LogP contribution < -0.4 is 0 Å². The van der Waals surface area contributed by atoms with Crippen LogP contribution in [0.5, 0.6) is 0 Å². The second kappa shape index (κ2) is 5.21. The van der Waals surface area contributed by atoms with E-state index < -0.39 is 46.9 Å². The molecule has 0 fully saturated rings. The van der Waals surface area contributed by atoms with E-state index in [2.05, 4.69) is 0 Å². The maximum atomic E-state index is 11.2. The number of halogens is 4. The minimum atomic E-state index is -4.50. The van der Waals surface area contributed by atoms with E-state index in [0.29, 0.717) is 12.1 Å². The second-order valence-electron chi connectivity index (χ2n) is 3.05. The van der Waals surface area contributed by atoms with Crippen LogP contribution in [0.3, 0.4) is 0 Å². The average molecular weight is 408 g/mol. The van der Waals surface area contributed by atoms with Gasteiger partial charge in [-0.2, -0.15) is 0 Å². The highest BCUT2D eigenvalue weighted by molar-refractivity contribution is 8.15. The standard InChI is InChI=1S/C6H2Cl4O6S3/c7-6-4(18(9,13)14)1-3(17(8,11)12)2-5(6)19(10,15)16/h1-2H. The van der Waals surface area contributed by atoms with Gasteiger partial charge >= 0.3 is 0 Å². The van der Waals surface area contributed by atoms with Crippen molar-refractivity contribution in [2.75, 3.05) is 0 Å². The molecule has 0 aliphatic heterocycles. The smallest absolute Gasteiger partial charge is 0.207 e. The van der Waals surface area contributed by atoms with Gasteiger partial charge in [0.1, 0.15) is 9.79 Å². The molecule has 0 heterocycles. The quantitative estimate of drug-likeness (QED) is 0.711. The van der Waals surface area contributed by atoms with Gasteiger partial charge in [0.15, 0.2) is 0 Å². The van der Waals surface area contributed by atoms with E-state index in [4.69, 9.17) is 43.6 Å². The summed E-state index contributed by atoms with van der Waals surface area (Å²) in [6, 6.07) is 1.05. The van der Waals surface area contributed by atoms with Gasteiger partial charge in [0.05, 0.1) is 9.92 Å². The van der Waals surface area contributed by atoms with Crippen molar-refractivity contribution < 1.29 is 25.3 Å². The van der Waals surface area contributed by atoms with Crippen molar-refractivity contribution in [3.63, 3.8) is 0 Å². The Kier molecular flexibility index (Phi) is 4.74. The molecule has 1 aromatic carbocycles. The zero-order valence-electron chi connectivity index (χ0n) is 8.34. The molecule has 0 aromatic heterocycles. The molecule has 0 unspecified atom stereocenters. The first kappa shape index (κ1) is 17.3. The number of benzene rings is 1. The molecule has 0 radical (unpaired) electrons. The highest BCUT2D eigenvalue weighted by atomic mass is 35.7. The first-order chi connectivity index (χ1) is 8.24. The molecule has 0 bridgehead atoms. The highest BCUT2D eigenvalue weighted by Crippen LogP contribution is 2.36. The number of rotatable bonds is 3. The van der Waals surface area contributed by atoms with Crippen molar-refractivity contribution in [1.82, 2.24) is 0 Å². The van der Waals surface area contributed by atoms with E-state index in [1.807, 2.05) is 0 Å². The summed E-state index contributed by atoms with van der Waals surface area (Å²) in [5.41, 5.74) is 0. The van der Waals surface area contributed by atoms with Crippen LogP contribution in [0.25, 0.3) is 0 Å². The molecule has 108 valence electrons.